The van der Waals surface area contributed by atoms with E-state index in [1.807, 2.05) is 0 Å². The van der Waals surface area contributed by atoms with Crippen molar-refractivity contribution in [3.8, 4) is 17.2 Å². The Labute approximate surface area is 156 Å². The van der Waals surface area contributed by atoms with Crippen molar-refractivity contribution >= 4 is 23.4 Å². The number of hydrazine groups is 1. The van der Waals surface area contributed by atoms with Crippen LogP contribution in [0.4, 0.5) is 0 Å². The van der Waals surface area contributed by atoms with Crippen molar-refractivity contribution in [1.82, 2.24) is 10.9 Å². The van der Waals surface area contributed by atoms with Crippen LogP contribution in [0.3, 0.4) is 0 Å². The lowest BCUT2D eigenvalue weighted by atomic mass is 10.3. The molecule has 2 amide bonds. The van der Waals surface area contributed by atoms with Crippen LogP contribution in [0.25, 0.3) is 0 Å². The molecule has 0 saturated carbocycles. The van der Waals surface area contributed by atoms with Crippen LogP contribution in [-0.4, -0.2) is 31.6 Å². The number of hydrogen-bond acceptors (Lipinski definition) is 5. The minimum Gasteiger partial charge on any atom is -0.493 e. The van der Waals surface area contributed by atoms with Crippen LogP contribution in [-0.2, 0) is 9.59 Å². The number of hydrogen-bond donors (Lipinski definition) is 2. The number of amides is 2. The number of halogens is 1. The molecule has 0 aliphatic rings. The second kappa shape index (κ2) is 9.53. The van der Waals surface area contributed by atoms with E-state index in [1.165, 1.54) is 7.11 Å². The van der Waals surface area contributed by atoms with Crippen molar-refractivity contribution < 1.29 is 23.8 Å². The van der Waals surface area contributed by atoms with E-state index in [0.717, 1.165) is 0 Å². The zero-order chi connectivity index (χ0) is 18.9. The Balaban J connectivity index is 1.75. The standard InChI is InChI=1S/C18H19ClN2O5/c1-12(26-14-9-7-13(19)8-10-14)18(23)21-20-17(22)11-25-16-6-4-3-5-15(16)24-2/h3-10,12H,11H2,1-2H3,(H,20,22)(H,21,23). The lowest BCUT2D eigenvalue weighted by Gasteiger charge is -2.15. The zero-order valence-corrected chi connectivity index (χ0v) is 15.1. The molecule has 0 spiro atoms. The van der Waals surface area contributed by atoms with Crippen molar-refractivity contribution in [2.24, 2.45) is 0 Å². The molecule has 8 heteroatoms. The van der Waals surface area contributed by atoms with Crippen LogP contribution in [0.5, 0.6) is 17.2 Å². The van der Waals surface area contributed by atoms with Gasteiger partial charge in [0.15, 0.2) is 24.2 Å². The van der Waals surface area contributed by atoms with E-state index in [0.29, 0.717) is 22.3 Å². The Morgan fingerprint density at radius 2 is 1.69 bits per heavy atom. The third-order valence-corrected chi connectivity index (χ3v) is 3.50. The minimum atomic E-state index is -0.813. The average Bonchev–Trinajstić information content (AvgIpc) is 2.66. The van der Waals surface area contributed by atoms with Crippen molar-refractivity contribution in [2.75, 3.05) is 13.7 Å². The van der Waals surface area contributed by atoms with Crippen molar-refractivity contribution in [2.45, 2.75) is 13.0 Å². The summed E-state index contributed by atoms with van der Waals surface area (Å²) in [6, 6.07) is 13.5. The Hall–Kier alpha value is -2.93. The molecule has 0 fully saturated rings. The fourth-order valence-corrected chi connectivity index (χ4v) is 2.05. The summed E-state index contributed by atoms with van der Waals surface area (Å²) in [5.41, 5.74) is 4.54. The lowest BCUT2D eigenvalue weighted by molar-refractivity contribution is -0.133. The largest absolute Gasteiger partial charge is 0.493 e. The third kappa shape index (κ3) is 5.86. The van der Waals surface area contributed by atoms with E-state index in [4.69, 9.17) is 25.8 Å². The van der Waals surface area contributed by atoms with Crippen molar-refractivity contribution in [3.05, 3.63) is 53.6 Å². The predicted octanol–water partition coefficient (Wildman–Crippen LogP) is 2.34. The maximum Gasteiger partial charge on any atom is 0.279 e. The highest BCUT2D eigenvalue weighted by Gasteiger charge is 2.15. The van der Waals surface area contributed by atoms with Crippen LogP contribution >= 0.6 is 11.6 Å². The first-order chi connectivity index (χ1) is 12.5. The first-order valence-corrected chi connectivity index (χ1v) is 8.14. The molecule has 2 N–H and O–H groups in total. The fourth-order valence-electron chi connectivity index (χ4n) is 1.92. The summed E-state index contributed by atoms with van der Waals surface area (Å²) in [5.74, 6) is 0.390. The van der Waals surface area contributed by atoms with Gasteiger partial charge in [-0.2, -0.15) is 0 Å². The molecule has 0 saturated heterocycles. The smallest absolute Gasteiger partial charge is 0.279 e. The lowest BCUT2D eigenvalue weighted by Crippen LogP contribution is -2.48. The molecule has 0 aromatic heterocycles. The SMILES string of the molecule is COc1ccccc1OCC(=O)NNC(=O)C(C)Oc1ccc(Cl)cc1. The molecule has 1 atom stereocenters. The number of methoxy groups -OCH3 is 1. The topological polar surface area (TPSA) is 85.9 Å². The van der Waals surface area contributed by atoms with E-state index in [2.05, 4.69) is 10.9 Å². The van der Waals surface area contributed by atoms with E-state index in [9.17, 15) is 9.59 Å². The van der Waals surface area contributed by atoms with Gasteiger partial charge >= 0.3 is 0 Å². The number of para-hydroxylation sites is 2. The summed E-state index contributed by atoms with van der Waals surface area (Å²) >= 11 is 5.79. The van der Waals surface area contributed by atoms with Gasteiger partial charge in [0.25, 0.3) is 11.8 Å². The Kier molecular flexibility index (Phi) is 7.11. The maximum absolute atomic E-state index is 12.0. The van der Waals surface area contributed by atoms with E-state index < -0.39 is 17.9 Å². The molecule has 1 unspecified atom stereocenters. The van der Waals surface area contributed by atoms with Gasteiger partial charge < -0.3 is 14.2 Å². The Morgan fingerprint density at radius 1 is 1.04 bits per heavy atom. The van der Waals surface area contributed by atoms with E-state index in [-0.39, 0.29) is 6.61 Å². The second-order valence-corrected chi connectivity index (χ2v) is 5.63. The number of carbonyl (C=O) groups is 2. The maximum atomic E-state index is 12.0. The molecule has 2 rings (SSSR count). The van der Waals surface area contributed by atoms with Crippen LogP contribution in [0.15, 0.2) is 48.5 Å². The Morgan fingerprint density at radius 3 is 2.35 bits per heavy atom. The third-order valence-electron chi connectivity index (χ3n) is 3.25. The van der Waals surface area contributed by atoms with Crippen LogP contribution in [0.2, 0.25) is 5.02 Å². The van der Waals surface area contributed by atoms with Gasteiger partial charge in [-0.25, -0.2) is 0 Å². The molecule has 0 aliphatic heterocycles. The molecular weight excluding hydrogens is 360 g/mol. The summed E-state index contributed by atoms with van der Waals surface area (Å²) in [7, 11) is 1.50. The number of nitrogens with one attached hydrogen (secondary N) is 2. The van der Waals surface area contributed by atoms with E-state index >= 15 is 0 Å². The normalized spacial score (nSPS) is 11.2. The molecule has 0 radical (unpaired) electrons. The molecule has 2 aromatic rings. The molecule has 2 aromatic carbocycles. The van der Waals surface area contributed by atoms with Gasteiger partial charge in [0.2, 0.25) is 0 Å². The second-order valence-electron chi connectivity index (χ2n) is 5.19. The summed E-state index contributed by atoms with van der Waals surface area (Å²) in [6.07, 6.45) is -0.813. The highest BCUT2D eigenvalue weighted by Crippen LogP contribution is 2.25. The Bertz CT molecular complexity index is 752. The van der Waals surface area contributed by atoms with Gasteiger partial charge in [0.05, 0.1) is 7.11 Å². The van der Waals surface area contributed by atoms with Gasteiger partial charge in [-0.05, 0) is 43.3 Å². The highest BCUT2D eigenvalue weighted by molar-refractivity contribution is 6.30. The molecular formula is C18H19ClN2O5. The molecule has 0 aliphatic carbocycles. The molecule has 0 bridgehead atoms. The quantitative estimate of drug-likeness (QED) is 0.722. The van der Waals surface area contributed by atoms with Crippen molar-refractivity contribution in [1.29, 1.82) is 0 Å². The van der Waals surface area contributed by atoms with Gasteiger partial charge in [0.1, 0.15) is 5.75 Å². The van der Waals surface area contributed by atoms with E-state index in [1.54, 1.807) is 55.5 Å². The number of ether oxygens (including phenoxy) is 3. The average molecular weight is 379 g/mol. The number of rotatable bonds is 7. The van der Waals surface area contributed by atoms with Crippen LogP contribution < -0.4 is 25.1 Å². The van der Waals surface area contributed by atoms with Gasteiger partial charge in [-0.1, -0.05) is 23.7 Å². The highest BCUT2D eigenvalue weighted by atomic mass is 35.5. The monoisotopic (exact) mass is 378 g/mol. The zero-order valence-electron chi connectivity index (χ0n) is 14.3. The predicted molar refractivity (Wildman–Crippen MR) is 96.3 cm³/mol. The van der Waals surface area contributed by atoms with Crippen molar-refractivity contribution in [3.63, 3.8) is 0 Å². The summed E-state index contributed by atoms with van der Waals surface area (Å²) in [6.45, 7) is 1.27. The summed E-state index contributed by atoms with van der Waals surface area (Å²) < 4.78 is 15.9. The molecule has 0 heterocycles. The molecule has 138 valence electrons. The summed E-state index contributed by atoms with van der Waals surface area (Å²) in [4.78, 5) is 23.7. The fraction of sp³-hybridized carbons (Fsp3) is 0.222. The van der Waals surface area contributed by atoms with Gasteiger partial charge in [0, 0.05) is 5.02 Å². The number of carbonyl (C=O) groups excluding carboxylic acids is 2. The van der Waals surface area contributed by atoms with Crippen LogP contribution in [0, 0.1) is 0 Å². The molecule has 26 heavy (non-hydrogen) atoms. The summed E-state index contributed by atoms with van der Waals surface area (Å²) in [5, 5.41) is 0.566. The van der Waals surface area contributed by atoms with Crippen LogP contribution in [0.1, 0.15) is 6.92 Å². The minimum absolute atomic E-state index is 0.285. The first-order valence-electron chi connectivity index (χ1n) is 7.76. The number of benzene rings is 2. The van der Waals surface area contributed by atoms with Gasteiger partial charge in [-0.3, -0.25) is 20.4 Å². The first kappa shape index (κ1) is 19.4. The van der Waals surface area contributed by atoms with Gasteiger partial charge in [-0.15, -0.1) is 0 Å². The molecule has 7 nitrogen and oxygen atoms in total.